The lowest BCUT2D eigenvalue weighted by Crippen LogP contribution is -2.26. The highest BCUT2D eigenvalue weighted by molar-refractivity contribution is 5.76. The van der Waals surface area contributed by atoms with Crippen LogP contribution in [-0.4, -0.2) is 35.0 Å². The number of nitrogens with zero attached hydrogens (tertiary/aromatic N) is 2. The van der Waals surface area contributed by atoms with E-state index in [4.69, 9.17) is 9.47 Å². The highest BCUT2D eigenvalue weighted by atomic mass is 16.7. The summed E-state index contributed by atoms with van der Waals surface area (Å²) in [5, 5.41) is 3.31. The molecule has 0 saturated carbocycles. The lowest BCUT2D eigenvalue weighted by atomic mass is 10.3. The molecule has 2 aromatic rings. The second kappa shape index (κ2) is 5.00. The third kappa shape index (κ3) is 2.73. The Morgan fingerprint density at radius 2 is 1.95 bits per heavy atom. The summed E-state index contributed by atoms with van der Waals surface area (Å²) in [6.07, 6.45) is 0.0395. The Balaban J connectivity index is 1.73. The summed E-state index contributed by atoms with van der Waals surface area (Å²) in [6, 6.07) is 7.86. The van der Waals surface area contributed by atoms with Gasteiger partial charge in [-0.15, -0.1) is 0 Å². The van der Waals surface area contributed by atoms with Crippen LogP contribution in [0.4, 0.5) is 5.82 Å². The van der Waals surface area contributed by atoms with Crippen LogP contribution in [0.25, 0.3) is 11.0 Å². The summed E-state index contributed by atoms with van der Waals surface area (Å²) in [6.45, 7) is 7.07. The van der Waals surface area contributed by atoms with E-state index < -0.39 is 5.79 Å². The van der Waals surface area contributed by atoms with E-state index >= 15 is 0 Å². The SMILES string of the molecule is Cc1nc2ccccc2nc1NCC1COC(C)(C)O1. The van der Waals surface area contributed by atoms with Crippen LogP contribution in [0.15, 0.2) is 24.3 Å². The highest BCUT2D eigenvalue weighted by Gasteiger charge is 2.32. The molecule has 1 unspecified atom stereocenters. The van der Waals surface area contributed by atoms with Gasteiger partial charge in [-0.3, -0.25) is 0 Å². The fourth-order valence-corrected chi connectivity index (χ4v) is 2.33. The molecular weight excluding hydrogens is 254 g/mol. The van der Waals surface area contributed by atoms with Crippen molar-refractivity contribution in [1.29, 1.82) is 0 Å². The number of anilines is 1. The monoisotopic (exact) mass is 273 g/mol. The number of aryl methyl sites for hydroxylation is 1. The Labute approximate surface area is 118 Å². The molecule has 1 fully saturated rings. The molecule has 1 atom stereocenters. The van der Waals surface area contributed by atoms with Gasteiger partial charge in [-0.2, -0.15) is 0 Å². The van der Waals surface area contributed by atoms with Gasteiger partial charge in [-0.05, 0) is 32.9 Å². The van der Waals surface area contributed by atoms with Crippen LogP contribution in [0, 0.1) is 6.92 Å². The standard InChI is InChI=1S/C15H19N3O2/c1-10-14(16-8-11-9-19-15(2,3)20-11)18-13-7-5-4-6-12(13)17-10/h4-7,11H,8-9H2,1-3H3,(H,16,18). The predicted molar refractivity (Wildman–Crippen MR) is 77.7 cm³/mol. The third-order valence-corrected chi connectivity index (χ3v) is 3.31. The first-order valence-electron chi connectivity index (χ1n) is 6.82. The molecule has 5 nitrogen and oxygen atoms in total. The normalized spacial score (nSPS) is 21.2. The van der Waals surface area contributed by atoms with Gasteiger partial charge in [0.1, 0.15) is 11.9 Å². The van der Waals surface area contributed by atoms with Gasteiger partial charge in [0.25, 0.3) is 0 Å². The molecule has 0 amide bonds. The predicted octanol–water partition coefficient (Wildman–Crippen LogP) is 2.50. The zero-order valence-corrected chi connectivity index (χ0v) is 12.0. The lowest BCUT2D eigenvalue weighted by molar-refractivity contribution is -0.136. The zero-order chi connectivity index (χ0) is 14.2. The summed E-state index contributed by atoms with van der Waals surface area (Å²) in [7, 11) is 0. The molecule has 1 saturated heterocycles. The van der Waals surface area contributed by atoms with Crippen molar-refractivity contribution in [3.63, 3.8) is 0 Å². The van der Waals surface area contributed by atoms with Crippen molar-refractivity contribution in [2.75, 3.05) is 18.5 Å². The Morgan fingerprint density at radius 1 is 1.25 bits per heavy atom. The first kappa shape index (κ1) is 13.3. The topological polar surface area (TPSA) is 56.3 Å². The number of benzene rings is 1. The maximum Gasteiger partial charge on any atom is 0.163 e. The number of fused-ring (bicyclic) bond motifs is 1. The van der Waals surface area contributed by atoms with Gasteiger partial charge in [0.15, 0.2) is 5.79 Å². The van der Waals surface area contributed by atoms with Crippen LogP contribution >= 0.6 is 0 Å². The van der Waals surface area contributed by atoms with Crippen molar-refractivity contribution in [3.05, 3.63) is 30.0 Å². The molecule has 5 heteroatoms. The molecule has 20 heavy (non-hydrogen) atoms. The van der Waals surface area contributed by atoms with E-state index in [1.165, 1.54) is 0 Å². The molecule has 1 N–H and O–H groups in total. The number of hydrogen-bond donors (Lipinski definition) is 1. The van der Waals surface area contributed by atoms with Gasteiger partial charge >= 0.3 is 0 Å². The minimum absolute atomic E-state index is 0.0395. The van der Waals surface area contributed by atoms with E-state index in [0.717, 1.165) is 22.5 Å². The minimum atomic E-state index is -0.490. The summed E-state index contributed by atoms with van der Waals surface area (Å²) in [5.74, 6) is 0.313. The fourth-order valence-electron chi connectivity index (χ4n) is 2.33. The second-order valence-electron chi connectivity index (χ2n) is 5.48. The number of rotatable bonds is 3. The molecule has 2 heterocycles. The average Bonchev–Trinajstić information content (AvgIpc) is 2.76. The largest absolute Gasteiger partial charge is 0.366 e. The van der Waals surface area contributed by atoms with Crippen LogP contribution in [0.5, 0.6) is 0 Å². The summed E-state index contributed by atoms with van der Waals surface area (Å²) in [5.41, 5.74) is 2.70. The van der Waals surface area contributed by atoms with E-state index in [1.54, 1.807) is 0 Å². The molecule has 0 radical (unpaired) electrons. The van der Waals surface area contributed by atoms with Crippen LogP contribution in [0.1, 0.15) is 19.5 Å². The molecule has 1 aromatic carbocycles. The Kier molecular flexibility index (Phi) is 3.31. The summed E-state index contributed by atoms with van der Waals surface area (Å²) < 4.78 is 11.3. The Bertz CT molecular complexity index is 628. The van der Waals surface area contributed by atoms with Gasteiger partial charge in [-0.1, -0.05) is 12.1 Å². The summed E-state index contributed by atoms with van der Waals surface area (Å²) >= 11 is 0. The first-order valence-corrected chi connectivity index (χ1v) is 6.82. The molecule has 1 aromatic heterocycles. The lowest BCUT2D eigenvalue weighted by Gasteiger charge is -2.17. The number of hydrogen-bond acceptors (Lipinski definition) is 5. The van der Waals surface area contributed by atoms with Crippen molar-refractivity contribution in [2.24, 2.45) is 0 Å². The van der Waals surface area contributed by atoms with E-state index in [9.17, 15) is 0 Å². The molecule has 106 valence electrons. The highest BCUT2D eigenvalue weighted by Crippen LogP contribution is 2.23. The number of nitrogens with one attached hydrogen (secondary N) is 1. The zero-order valence-electron chi connectivity index (χ0n) is 12.0. The van der Waals surface area contributed by atoms with E-state index in [0.29, 0.717) is 13.2 Å². The number of ether oxygens (including phenoxy) is 2. The fraction of sp³-hybridized carbons (Fsp3) is 0.467. The maximum absolute atomic E-state index is 5.76. The molecule has 1 aliphatic rings. The van der Waals surface area contributed by atoms with Gasteiger partial charge in [0.05, 0.1) is 23.3 Å². The van der Waals surface area contributed by atoms with Crippen LogP contribution in [-0.2, 0) is 9.47 Å². The van der Waals surface area contributed by atoms with Crippen LogP contribution < -0.4 is 5.32 Å². The number of para-hydroxylation sites is 2. The van der Waals surface area contributed by atoms with E-state index in [-0.39, 0.29) is 6.10 Å². The maximum atomic E-state index is 5.76. The van der Waals surface area contributed by atoms with E-state index in [1.807, 2.05) is 45.0 Å². The van der Waals surface area contributed by atoms with Crippen molar-refractivity contribution in [1.82, 2.24) is 9.97 Å². The van der Waals surface area contributed by atoms with Crippen molar-refractivity contribution >= 4 is 16.9 Å². The molecule has 3 rings (SSSR count). The average molecular weight is 273 g/mol. The Hall–Kier alpha value is -1.72. The molecule has 0 aliphatic carbocycles. The van der Waals surface area contributed by atoms with Crippen molar-refractivity contribution < 1.29 is 9.47 Å². The first-order chi connectivity index (χ1) is 9.53. The van der Waals surface area contributed by atoms with Gasteiger partial charge in [0.2, 0.25) is 0 Å². The smallest absolute Gasteiger partial charge is 0.163 e. The van der Waals surface area contributed by atoms with Crippen molar-refractivity contribution in [2.45, 2.75) is 32.7 Å². The second-order valence-corrected chi connectivity index (χ2v) is 5.48. The van der Waals surface area contributed by atoms with Crippen LogP contribution in [0.3, 0.4) is 0 Å². The summed E-state index contributed by atoms with van der Waals surface area (Å²) in [4.78, 5) is 9.15. The third-order valence-electron chi connectivity index (χ3n) is 3.31. The van der Waals surface area contributed by atoms with E-state index in [2.05, 4.69) is 15.3 Å². The number of aromatic nitrogens is 2. The molecule has 0 bridgehead atoms. The van der Waals surface area contributed by atoms with Gasteiger partial charge in [-0.25, -0.2) is 9.97 Å². The Morgan fingerprint density at radius 3 is 2.60 bits per heavy atom. The van der Waals surface area contributed by atoms with Gasteiger partial charge in [0, 0.05) is 6.54 Å². The minimum Gasteiger partial charge on any atom is -0.366 e. The quantitative estimate of drug-likeness (QED) is 0.931. The molecular formula is C15H19N3O2. The van der Waals surface area contributed by atoms with Crippen molar-refractivity contribution in [3.8, 4) is 0 Å². The van der Waals surface area contributed by atoms with Gasteiger partial charge < -0.3 is 14.8 Å². The molecule has 1 aliphatic heterocycles. The van der Waals surface area contributed by atoms with Crippen LogP contribution in [0.2, 0.25) is 0 Å². The molecule has 0 spiro atoms.